The number of hydrogen-bond acceptors (Lipinski definition) is 8. The number of hydrogen-bond donors (Lipinski definition) is 2. The first-order valence-corrected chi connectivity index (χ1v) is 9.85. The average molecular weight is 432 g/mol. The summed E-state index contributed by atoms with van der Waals surface area (Å²) in [7, 11) is 2.66. The van der Waals surface area contributed by atoms with Crippen LogP contribution in [0.2, 0.25) is 0 Å². The highest BCUT2D eigenvalue weighted by Crippen LogP contribution is 2.43. The first-order chi connectivity index (χ1) is 14.4. The molecule has 2 aliphatic heterocycles. The van der Waals surface area contributed by atoms with Crippen LogP contribution in [-0.4, -0.2) is 70.6 Å². The van der Waals surface area contributed by atoms with Crippen LogP contribution < -0.4 is 5.32 Å². The first kappa shape index (κ1) is 21.4. The summed E-state index contributed by atoms with van der Waals surface area (Å²) in [5.74, 6) is -2.38. The van der Waals surface area contributed by atoms with Gasteiger partial charge in [-0.2, -0.15) is 0 Å². The molecule has 0 radical (unpaired) electrons. The summed E-state index contributed by atoms with van der Waals surface area (Å²) < 4.78 is 0. The molecule has 1 fully saturated rings. The molecule has 30 heavy (non-hydrogen) atoms. The quantitative estimate of drug-likeness (QED) is 0.370. The Balaban J connectivity index is 1.84. The summed E-state index contributed by atoms with van der Waals surface area (Å²) in [6.45, 7) is 1.80. The van der Waals surface area contributed by atoms with Crippen molar-refractivity contribution >= 4 is 41.5 Å². The van der Waals surface area contributed by atoms with Gasteiger partial charge in [-0.05, 0) is 6.92 Å². The molecule has 2 heterocycles. The number of rotatable bonds is 7. The fraction of sp³-hybridized carbons (Fsp3) is 0.316. The van der Waals surface area contributed by atoms with Crippen molar-refractivity contribution in [1.82, 2.24) is 10.2 Å². The summed E-state index contributed by atoms with van der Waals surface area (Å²) in [5, 5.41) is 18.9. The lowest BCUT2D eigenvalue weighted by Gasteiger charge is -2.50. The van der Waals surface area contributed by atoms with E-state index in [1.807, 2.05) is 0 Å². The Morgan fingerprint density at radius 2 is 1.93 bits per heavy atom. The van der Waals surface area contributed by atoms with Gasteiger partial charge in [0.1, 0.15) is 31.3 Å². The molecule has 1 saturated heterocycles. The highest BCUT2D eigenvalue weighted by Gasteiger charge is 2.55. The molecular formula is C19H20N4O6S. The third kappa shape index (κ3) is 3.88. The van der Waals surface area contributed by atoms with Crippen molar-refractivity contribution in [2.24, 2.45) is 10.3 Å². The summed E-state index contributed by atoms with van der Waals surface area (Å²) in [4.78, 5) is 47.9. The van der Waals surface area contributed by atoms with E-state index in [0.29, 0.717) is 11.1 Å². The van der Waals surface area contributed by atoms with Gasteiger partial charge in [-0.25, -0.2) is 4.79 Å². The molecule has 3 rings (SSSR count). The van der Waals surface area contributed by atoms with E-state index in [2.05, 4.69) is 20.5 Å². The number of carbonyl (C=O) groups excluding carboxylic acids is 2. The molecule has 0 aromatic heterocycles. The van der Waals surface area contributed by atoms with Crippen LogP contribution in [0.1, 0.15) is 12.5 Å². The number of thioether (sulfide) groups is 1. The molecule has 1 unspecified atom stereocenters. The monoisotopic (exact) mass is 432 g/mol. The van der Waals surface area contributed by atoms with E-state index in [9.17, 15) is 19.5 Å². The lowest BCUT2D eigenvalue weighted by molar-refractivity contribution is -0.150. The number of oxime groups is 2. The van der Waals surface area contributed by atoms with Crippen LogP contribution in [-0.2, 0) is 24.1 Å². The molecule has 10 nitrogen and oxygen atoms in total. The zero-order chi connectivity index (χ0) is 21.8. The van der Waals surface area contributed by atoms with E-state index in [-0.39, 0.29) is 16.7 Å². The molecular weight excluding hydrogens is 412 g/mol. The predicted molar refractivity (Wildman–Crippen MR) is 110 cm³/mol. The van der Waals surface area contributed by atoms with Crippen LogP contribution in [0.3, 0.4) is 0 Å². The normalized spacial score (nSPS) is 23.7. The van der Waals surface area contributed by atoms with Gasteiger partial charge in [0.25, 0.3) is 11.8 Å². The van der Waals surface area contributed by atoms with Crippen molar-refractivity contribution in [3.8, 4) is 0 Å². The minimum absolute atomic E-state index is 0.0140. The first-order valence-electron chi connectivity index (χ1n) is 8.90. The van der Waals surface area contributed by atoms with Gasteiger partial charge in [0, 0.05) is 16.4 Å². The van der Waals surface area contributed by atoms with Gasteiger partial charge in [0.15, 0.2) is 5.71 Å². The second kappa shape index (κ2) is 8.99. The Bertz CT molecular complexity index is 946. The molecule has 2 N–H and O–H groups in total. The van der Waals surface area contributed by atoms with Crippen LogP contribution in [0.4, 0.5) is 0 Å². The molecule has 0 spiro atoms. The summed E-state index contributed by atoms with van der Waals surface area (Å²) in [6.07, 6.45) is 1.29. The Morgan fingerprint density at radius 3 is 2.53 bits per heavy atom. The average Bonchev–Trinajstić information content (AvgIpc) is 2.74. The highest BCUT2D eigenvalue weighted by atomic mass is 32.2. The lowest BCUT2D eigenvalue weighted by atomic mass is 10.0. The van der Waals surface area contributed by atoms with Crippen molar-refractivity contribution in [1.29, 1.82) is 0 Å². The van der Waals surface area contributed by atoms with Gasteiger partial charge < -0.3 is 20.1 Å². The zero-order valence-electron chi connectivity index (χ0n) is 16.4. The van der Waals surface area contributed by atoms with Gasteiger partial charge in [-0.3, -0.25) is 14.5 Å². The molecule has 1 aromatic carbocycles. The largest absolute Gasteiger partial charge is 0.477 e. The minimum atomic E-state index is -1.26. The van der Waals surface area contributed by atoms with Crippen LogP contribution >= 0.6 is 11.8 Å². The number of nitrogens with one attached hydrogen (secondary N) is 1. The molecule has 2 aliphatic rings. The number of β-lactam (4-membered cyclic amide) rings is 1. The van der Waals surface area contributed by atoms with Crippen LogP contribution in [0.5, 0.6) is 0 Å². The van der Waals surface area contributed by atoms with Crippen molar-refractivity contribution in [3.63, 3.8) is 0 Å². The Labute approximate surface area is 176 Å². The Kier molecular flexibility index (Phi) is 6.40. The second-order valence-electron chi connectivity index (χ2n) is 6.34. The van der Waals surface area contributed by atoms with Crippen molar-refractivity contribution < 1.29 is 29.2 Å². The third-order valence-corrected chi connectivity index (χ3v) is 5.99. The Morgan fingerprint density at radius 1 is 1.23 bits per heavy atom. The maximum atomic E-state index is 12.8. The van der Waals surface area contributed by atoms with Gasteiger partial charge >= 0.3 is 5.97 Å². The highest BCUT2D eigenvalue weighted by molar-refractivity contribution is 8.00. The lowest BCUT2D eigenvalue weighted by Crippen LogP contribution is -2.71. The maximum absolute atomic E-state index is 12.8. The third-order valence-electron chi connectivity index (χ3n) is 4.57. The molecule has 0 saturated carbocycles. The number of carbonyl (C=O) groups is 3. The molecule has 11 heteroatoms. The fourth-order valence-corrected chi connectivity index (χ4v) is 4.62. The van der Waals surface area contributed by atoms with E-state index in [1.54, 1.807) is 37.3 Å². The van der Waals surface area contributed by atoms with E-state index < -0.39 is 29.2 Å². The summed E-state index contributed by atoms with van der Waals surface area (Å²) in [5.41, 5.74) is 0.723. The molecule has 0 aliphatic carbocycles. The van der Waals surface area contributed by atoms with Crippen molar-refractivity contribution in [3.05, 3.63) is 47.2 Å². The zero-order valence-corrected chi connectivity index (χ0v) is 17.3. The number of benzene rings is 1. The van der Waals surface area contributed by atoms with Gasteiger partial charge in [-0.15, -0.1) is 11.8 Å². The minimum Gasteiger partial charge on any atom is -0.477 e. The number of nitrogens with zero attached hydrogens (tertiary/aromatic N) is 3. The van der Waals surface area contributed by atoms with Gasteiger partial charge in [-0.1, -0.05) is 40.6 Å². The van der Waals surface area contributed by atoms with E-state index >= 15 is 0 Å². The van der Waals surface area contributed by atoms with Gasteiger partial charge in [0.05, 0.1) is 6.21 Å². The smallest absolute Gasteiger partial charge is 0.353 e. The SMILES string of the molecule is CON=CC1=C(C(=O)O)N2C(=O)C(NC(=O)/C(=N\OC)c3ccccc3)[C@H]2S[C@@H]1C. The second-order valence-corrected chi connectivity index (χ2v) is 7.81. The maximum Gasteiger partial charge on any atom is 0.353 e. The summed E-state index contributed by atoms with van der Waals surface area (Å²) in [6, 6.07) is 7.77. The fourth-order valence-electron chi connectivity index (χ4n) is 3.21. The van der Waals surface area contributed by atoms with Crippen LogP contribution in [0, 0.1) is 0 Å². The number of amides is 2. The van der Waals surface area contributed by atoms with Gasteiger partial charge in [0.2, 0.25) is 0 Å². The Hall–Kier alpha value is -3.34. The van der Waals surface area contributed by atoms with E-state index in [1.165, 1.54) is 32.2 Å². The number of fused-ring (bicyclic) bond motifs is 1. The topological polar surface area (TPSA) is 130 Å². The number of aliphatic carboxylic acids is 1. The van der Waals surface area contributed by atoms with Crippen LogP contribution in [0.15, 0.2) is 51.9 Å². The standard InChI is InChI=1S/C19H20N4O6S/c1-10-12(9-20-28-2)15(19(26)27)23-17(25)14(18(23)30-10)21-16(24)13(22-29-3)11-7-5-4-6-8-11/h4-10,14,18H,1-3H3,(H,21,24)(H,26,27)/b20-9?,22-13-/t10-,14?,18-/m1/s1. The van der Waals surface area contributed by atoms with Crippen molar-refractivity contribution in [2.45, 2.75) is 23.6 Å². The molecule has 0 bridgehead atoms. The summed E-state index contributed by atoms with van der Waals surface area (Å²) >= 11 is 1.34. The van der Waals surface area contributed by atoms with E-state index in [4.69, 9.17) is 4.84 Å². The molecule has 1 aromatic rings. The van der Waals surface area contributed by atoms with Crippen molar-refractivity contribution in [2.75, 3.05) is 14.2 Å². The molecule has 2 amide bonds. The van der Waals surface area contributed by atoms with E-state index in [0.717, 1.165) is 4.90 Å². The van der Waals surface area contributed by atoms with Crippen LogP contribution in [0.25, 0.3) is 0 Å². The predicted octanol–water partition coefficient (Wildman–Crippen LogP) is 0.796. The molecule has 158 valence electrons. The molecule has 3 atom stereocenters. The number of carboxylic acids is 1. The number of carboxylic acid groups (broad SMARTS) is 1.